The van der Waals surface area contributed by atoms with Gasteiger partial charge in [-0.1, -0.05) is 24.3 Å². The van der Waals surface area contributed by atoms with Crippen LogP contribution in [0.1, 0.15) is 19.4 Å². The van der Waals surface area contributed by atoms with Crippen molar-refractivity contribution < 1.29 is 14.3 Å². The molecule has 0 aromatic heterocycles. The molecule has 1 aromatic carbocycles. The van der Waals surface area contributed by atoms with E-state index >= 15 is 0 Å². The standard InChI is InChI=1S/C16H19NO3/c1-3-17(4-2)16(18)8-6-5-7-13-9-10-14-15(11-13)20-12-19-14/h5-11H,3-4,12H2,1-2H3/b7-5-,8-6+. The van der Waals surface area contributed by atoms with Crippen LogP contribution in [0.3, 0.4) is 0 Å². The monoisotopic (exact) mass is 273 g/mol. The molecule has 1 aromatic rings. The maximum absolute atomic E-state index is 11.7. The molecular formula is C16H19NO3. The minimum absolute atomic E-state index is 0.0327. The van der Waals surface area contributed by atoms with E-state index in [1.54, 1.807) is 17.1 Å². The van der Waals surface area contributed by atoms with Gasteiger partial charge >= 0.3 is 0 Å². The zero-order valence-electron chi connectivity index (χ0n) is 11.8. The smallest absolute Gasteiger partial charge is 0.246 e. The zero-order valence-corrected chi connectivity index (χ0v) is 11.8. The molecule has 4 heteroatoms. The van der Waals surface area contributed by atoms with Crippen molar-refractivity contribution in [1.29, 1.82) is 0 Å². The van der Waals surface area contributed by atoms with Crippen LogP contribution in [0.15, 0.2) is 36.4 Å². The van der Waals surface area contributed by atoms with Crippen molar-refractivity contribution in [1.82, 2.24) is 4.90 Å². The lowest BCUT2D eigenvalue weighted by molar-refractivity contribution is -0.125. The molecule has 2 rings (SSSR count). The number of hydrogen-bond donors (Lipinski definition) is 0. The maximum atomic E-state index is 11.7. The minimum atomic E-state index is 0.0327. The van der Waals surface area contributed by atoms with Gasteiger partial charge in [-0.3, -0.25) is 4.79 Å². The van der Waals surface area contributed by atoms with Crippen molar-refractivity contribution in [3.63, 3.8) is 0 Å². The van der Waals surface area contributed by atoms with Gasteiger partial charge in [0.2, 0.25) is 12.7 Å². The molecule has 0 saturated carbocycles. The molecule has 4 nitrogen and oxygen atoms in total. The number of nitrogens with zero attached hydrogens (tertiary/aromatic N) is 1. The van der Waals surface area contributed by atoms with E-state index in [4.69, 9.17) is 9.47 Å². The van der Waals surface area contributed by atoms with Crippen LogP contribution in [0.4, 0.5) is 0 Å². The van der Waals surface area contributed by atoms with Crippen molar-refractivity contribution in [3.05, 3.63) is 42.0 Å². The lowest BCUT2D eigenvalue weighted by Gasteiger charge is -2.15. The van der Waals surface area contributed by atoms with Gasteiger partial charge in [-0.15, -0.1) is 0 Å². The van der Waals surface area contributed by atoms with Crippen molar-refractivity contribution >= 4 is 12.0 Å². The minimum Gasteiger partial charge on any atom is -0.454 e. The Morgan fingerprint density at radius 3 is 2.70 bits per heavy atom. The fourth-order valence-electron chi connectivity index (χ4n) is 1.96. The predicted octanol–water partition coefficient (Wildman–Crippen LogP) is 2.85. The predicted molar refractivity (Wildman–Crippen MR) is 78.7 cm³/mol. The second kappa shape index (κ2) is 6.80. The Kier molecular flexibility index (Phi) is 4.82. The van der Waals surface area contributed by atoms with Crippen LogP contribution in [-0.4, -0.2) is 30.7 Å². The summed E-state index contributed by atoms with van der Waals surface area (Å²) in [5, 5.41) is 0. The maximum Gasteiger partial charge on any atom is 0.246 e. The summed E-state index contributed by atoms with van der Waals surface area (Å²) in [5.41, 5.74) is 1.01. The van der Waals surface area contributed by atoms with Crippen LogP contribution >= 0.6 is 0 Å². The van der Waals surface area contributed by atoms with E-state index in [0.29, 0.717) is 0 Å². The van der Waals surface area contributed by atoms with Crippen LogP contribution in [0.25, 0.3) is 6.08 Å². The summed E-state index contributed by atoms with van der Waals surface area (Å²) in [7, 11) is 0. The van der Waals surface area contributed by atoms with Gasteiger partial charge in [-0.05, 0) is 31.5 Å². The number of likely N-dealkylation sites (N-methyl/N-ethyl adjacent to an activating group) is 1. The second-order valence-corrected chi connectivity index (χ2v) is 4.34. The topological polar surface area (TPSA) is 38.8 Å². The van der Waals surface area contributed by atoms with E-state index in [1.165, 1.54) is 0 Å². The van der Waals surface area contributed by atoms with Crippen molar-refractivity contribution in [3.8, 4) is 11.5 Å². The van der Waals surface area contributed by atoms with Gasteiger partial charge in [-0.2, -0.15) is 0 Å². The summed E-state index contributed by atoms with van der Waals surface area (Å²) in [6.07, 6.45) is 7.11. The largest absolute Gasteiger partial charge is 0.454 e. The number of hydrogen-bond acceptors (Lipinski definition) is 3. The van der Waals surface area contributed by atoms with Crippen LogP contribution in [0.2, 0.25) is 0 Å². The first-order valence-corrected chi connectivity index (χ1v) is 6.78. The van der Waals surface area contributed by atoms with Crippen molar-refractivity contribution in [2.75, 3.05) is 19.9 Å². The second-order valence-electron chi connectivity index (χ2n) is 4.34. The first-order valence-electron chi connectivity index (χ1n) is 6.78. The normalized spacial score (nSPS) is 13.3. The molecule has 0 unspecified atom stereocenters. The Hall–Kier alpha value is -2.23. The molecule has 0 N–H and O–H groups in total. The van der Waals surface area contributed by atoms with Crippen LogP contribution in [-0.2, 0) is 4.79 Å². The average molecular weight is 273 g/mol. The molecule has 0 saturated heterocycles. The molecule has 0 radical (unpaired) electrons. The van der Waals surface area contributed by atoms with Gasteiger partial charge in [0, 0.05) is 19.2 Å². The summed E-state index contributed by atoms with van der Waals surface area (Å²) >= 11 is 0. The first kappa shape index (κ1) is 14.2. The fourth-order valence-corrected chi connectivity index (χ4v) is 1.96. The Balaban J connectivity index is 1.95. The van der Waals surface area contributed by atoms with Crippen LogP contribution in [0.5, 0.6) is 11.5 Å². The molecule has 0 fully saturated rings. The molecule has 1 aliphatic rings. The number of amides is 1. The number of rotatable bonds is 5. The number of benzene rings is 1. The quantitative estimate of drug-likeness (QED) is 0.611. The molecular weight excluding hydrogens is 254 g/mol. The highest BCUT2D eigenvalue weighted by atomic mass is 16.7. The van der Waals surface area contributed by atoms with Gasteiger partial charge in [0.25, 0.3) is 0 Å². The lowest BCUT2D eigenvalue weighted by Crippen LogP contribution is -2.28. The zero-order chi connectivity index (χ0) is 14.4. The number of carbonyl (C=O) groups excluding carboxylic acids is 1. The Bertz CT molecular complexity index is 531. The number of ether oxygens (including phenoxy) is 2. The molecule has 20 heavy (non-hydrogen) atoms. The number of carbonyl (C=O) groups is 1. The van der Waals surface area contributed by atoms with Gasteiger partial charge < -0.3 is 14.4 Å². The third kappa shape index (κ3) is 3.41. The van der Waals surface area contributed by atoms with E-state index in [-0.39, 0.29) is 12.7 Å². The summed E-state index contributed by atoms with van der Waals surface area (Å²) in [6.45, 7) is 5.67. The first-order chi connectivity index (χ1) is 9.74. The fraction of sp³-hybridized carbons (Fsp3) is 0.312. The number of allylic oxidation sites excluding steroid dienone is 2. The van der Waals surface area contributed by atoms with Crippen LogP contribution < -0.4 is 9.47 Å². The molecule has 0 aliphatic carbocycles. The van der Waals surface area contributed by atoms with Crippen molar-refractivity contribution in [2.45, 2.75) is 13.8 Å². The third-order valence-electron chi connectivity index (χ3n) is 3.11. The van der Waals surface area contributed by atoms with E-state index in [9.17, 15) is 4.79 Å². The summed E-state index contributed by atoms with van der Waals surface area (Å²) in [5.74, 6) is 1.56. The van der Waals surface area contributed by atoms with Crippen LogP contribution in [0, 0.1) is 0 Å². The molecule has 0 spiro atoms. The van der Waals surface area contributed by atoms with Gasteiger partial charge in [0.15, 0.2) is 11.5 Å². The van der Waals surface area contributed by atoms with E-state index in [0.717, 1.165) is 30.2 Å². The van der Waals surface area contributed by atoms with Gasteiger partial charge in [0.1, 0.15) is 0 Å². The highest BCUT2D eigenvalue weighted by molar-refractivity contribution is 5.88. The molecule has 0 atom stereocenters. The van der Waals surface area contributed by atoms with E-state index < -0.39 is 0 Å². The Morgan fingerprint density at radius 1 is 1.20 bits per heavy atom. The summed E-state index contributed by atoms with van der Waals surface area (Å²) < 4.78 is 10.6. The molecule has 1 heterocycles. The third-order valence-corrected chi connectivity index (χ3v) is 3.11. The van der Waals surface area contributed by atoms with Crippen molar-refractivity contribution in [2.24, 2.45) is 0 Å². The average Bonchev–Trinajstić information content (AvgIpc) is 2.92. The highest BCUT2D eigenvalue weighted by Gasteiger charge is 2.11. The lowest BCUT2D eigenvalue weighted by atomic mass is 10.2. The number of fused-ring (bicyclic) bond motifs is 1. The summed E-state index contributed by atoms with van der Waals surface area (Å²) in [6, 6.07) is 5.75. The van der Waals surface area contributed by atoms with E-state index in [1.807, 2.05) is 44.2 Å². The Morgan fingerprint density at radius 2 is 1.95 bits per heavy atom. The molecule has 1 amide bonds. The SMILES string of the molecule is CCN(CC)C(=O)/C=C/C=C\c1ccc2c(c1)OCO2. The highest BCUT2D eigenvalue weighted by Crippen LogP contribution is 2.32. The van der Waals surface area contributed by atoms with Gasteiger partial charge in [0.05, 0.1) is 0 Å². The van der Waals surface area contributed by atoms with E-state index in [2.05, 4.69) is 0 Å². The molecule has 0 bridgehead atoms. The summed E-state index contributed by atoms with van der Waals surface area (Å²) in [4.78, 5) is 13.5. The molecule has 1 aliphatic heterocycles. The Labute approximate surface area is 119 Å². The molecule has 106 valence electrons. The van der Waals surface area contributed by atoms with Gasteiger partial charge in [-0.25, -0.2) is 0 Å².